The van der Waals surface area contributed by atoms with E-state index in [-0.39, 0.29) is 17.1 Å². The Hall–Kier alpha value is -1.03. The van der Waals surface area contributed by atoms with Crippen LogP contribution in [0.1, 0.15) is 17.2 Å². The van der Waals surface area contributed by atoms with Crippen LogP contribution < -0.4 is 5.32 Å². The fourth-order valence-electron chi connectivity index (χ4n) is 1.72. The number of halogens is 3. The lowest BCUT2D eigenvalue weighted by Crippen LogP contribution is -2.18. The SMILES string of the molecule is CNC(c1cc(F)ccc1Cl)c1ccoc1Cl. The summed E-state index contributed by atoms with van der Waals surface area (Å²) in [7, 11) is 1.75. The topological polar surface area (TPSA) is 25.2 Å². The Balaban J connectivity index is 2.49. The Kier molecular flexibility index (Phi) is 3.72. The van der Waals surface area contributed by atoms with Gasteiger partial charge in [0, 0.05) is 10.6 Å². The maximum Gasteiger partial charge on any atom is 0.198 e. The highest BCUT2D eigenvalue weighted by Gasteiger charge is 2.20. The normalized spacial score (nSPS) is 12.7. The van der Waals surface area contributed by atoms with Crippen molar-refractivity contribution in [1.82, 2.24) is 5.32 Å². The van der Waals surface area contributed by atoms with Gasteiger partial charge in [0.15, 0.2) is 5.22 Å². The molecular formula is C12H10Cl2FNO. The molecule has 0 aliphatic rings. The zero-order valence-corrected chi connectivity index (χ0v) is 10.5. The minimum atomic E-state index is -0.343. The molecule has 0 radical (unpaired) electrons. The van der Waals surface area contributed by atoms with Gasteiger partial charge in [-0.2, -0.15) is 0 Å². The predicted molar refractivity (Wildman–Crippen MR) is 66.0 cm³/mol. The molecule has 1 aromatic heterocycles. The first-order chi connectivity index (χ1) is 8.13. The summed E-state index contributed by atoms with van der Waals surface area (Å²) in [5, 5.41) is 3.78. The van der Waals surface area contributed by atoms with E-state index in [1.807, 2.05) is 0 Å². The quantitative estimate of drug-likeness (QED) is 0.913. The van der Waals surface area contributed by atoms with Crippen LogP contribution in [0.15, 0.2) is 34.9 Å². The van der Waals surface area contributed by atoms with Gasteiger partial charge in [0.05, 0.1) is 12.3 Å². The molecule has 5 heteroatoms. The maximum absolute atomic E-state index is 13.2. The second-order valence-corrected chi connectivity index (χ2v) is 4.29. The molecule has 0 aliphatic heterocycles. The average molecular weight is 274 g/mol. The van der Waals surface area contributed by atoms with Gasteiger partial charge in [-0.3, -0.25) is 0 Å². The first-order valence-electron chi connectivity index (χ1n) is 4.98. The van der Waals surface area contributed by atoms with Crippen LogP contribution in [-0.2, 0) is 0 Å². The Bertz CT molecular complexity index is 527. The lowest BCUT2D eigenvalue weighted by molar-refractivity contribution is 0.559. The van der Waals surface area contributed by atoms with E-state index in [1.165, 1.54) is 24.5 Å². The molecular weight excluding hydrogens is 264 g/mol. The molecule has 0 spiro atoms. The van der Waals surface area contributed by atoms with Gasteiger partial charge in [-0.05, 0) is 48.5 Å². The second-order valence-electron chi connectivity index (χ2n) is 3.54. The van der Waals surface area contributed by atoms with Crippen LogP contribution in [0.3, 0.4) is 0 Å². The van der Waals surface area contributed by atoms with Crippen LogP contribution in [0.4, 0.5) is 4.39 Å². The number of nitrogens with one attached hydrogen (secondary N) is 1. The van der Waals surface area contributed by atoms with E-state index in [4.69, 9.17) is 27.6 Å². The van der Waals surface area contributed by atoms with Gasteiger partial charge in [-0.25, -0.2) is 4.39 Å². The van der Waals surface area contributed by atoms with Crippen molar-refractivity contribution in [2.45, 2.75) is 6.04 Å². The molecule has 0 fully saturated rings. The second kappa shape index (κ2) is 5.08. The third-order valence-electron chi connectivity index (χ3n) is 2.51. The minimum Gasteiger partial charge on any atom is -0.453 e. The van der Waals surface area contributed by atoms with Gasteiger partial charge in [0.2, 0.25) is 0 Å². The third kappa shape index (κ3) is 2.46. The molecule has 2 aromatic rings. The van der Waals surface area contributed by atoms with Crippen molar-refractivity contribution < 1.29 is 8.81 Å². The van der Waals surface area contributed by atoms with Crippen LogP contribution in [-0.4, -0.2) is 7.05 Å². The van der Waals surface area contributed by atoms with Gasteiger partial charge < -0.3 is 9.73 Å². The van der Waals surface area contributed by atoms with Crippen LogP contribution >= 0.6 is 23.2 Å². The molecule has 0 bridgehead atoms. The van der Waals surface area contributed by atoms with E-state index in [0.717, 1.165) is 5.56 Å². The molecule has 0 saturated carbocycles. The van der Waals surface area contributed by atoms with Crippen molar-refractivity contribution in [3.63, 3.8) is 0 Å². The highest BCUT2D eigenvalue weighted by atomic mass is 35.5. The van der Waals surface area contributed by atoms with E-state index >= 15 is 0 Å². The molecule has 1 heterocycles. The molecule has 17 heavy (non-hydrogen) atoms. The van der Waals surface area contributed by atoms with Crippen LogP contribution in [0.2, 0.25) is 10.2 Å². The van der Waals surface area contributed by atoms with Crippen molar-refractivity contribution in [2.24, 2.45) is 0 Å². The molecule has 2 rings (SSSR count). The molecule has 2 nitrogen and oxygen atoms in total. The van der Waals surface area contributed by atoms with E-state index < -0.39 is 0 Å². The molecule has 1 N–H and O–H groups in total. The van der Waals surface area contributed by atoms with Gasteiger partial charge in [0.25, 0.3) is 0 Å². The Morgan fingerprint density at radius 1 is 1.24 bits per heavy atom. The third-order valence-corrected chi connectivity index (χ3v) is 3.17. The van der Waals surface area contributed by atoms with Gasteiger partial charge in [-0.15, -0.1) is 0 Å². The summed E-state index contributed by atoms with van der Waals surface area (Å²) in [6.45, 7) is 0. The number of hydrogen-bond donors (Lipinski definition) is 1. The van der Waals surface area contributed by atoms with E-state index in [2.05, 4.69) is 5.32 Å². The van der Waals surface area contributed by atoms with Crippen molar-refractivity contribution in [2.75, 3.05) is 7.05 Å². The summed E-state index contributed by atoms with van der Waals surface area (Å²) in [5.41, 5.74) is 1.35. The highest BCUT2D eigenvalue weighted by molar-refractivity contribution is 6.31. The monoisotopic (exact) mass is 273 g/mol. The first-order valence-corrected chi connectivity index (χ1v) is 5.74. The number of benzene rings is 1. The molecule has 0 saturated heterocycles. The molecule has 0 amide bonds. The van der Waals surface area contributed by atoms with Crippen molar-refractivity contribution in [3.8, 4) is 0 Å². The summed E-state index contributed by atoms with van der Waals surface area (Å²) >= 11 is 12.0. The Morgan fingerprint density at radius 2 is 2.00 bits per heavy atom. The largest absolute Gasteiger partial charge is 0.453 e. The van der Waals surface area contributed by atoms with E-state index in [9.17, 15) is 4.39 Å². The lowest BCUT2D eigenvalue weighted by Gasteiger charge is -2.17. The summed E-state index contributed by atoms with van der Waals surface area (Å²) < 4.78 is 18.3. The summed E-state index contributed by atoms with van der Waals surface area (Å²) in [4.78, 5) is 0. The molecule has 0 aliphatic carbocycles. The summed E-state index contributed by atoms with van der Waals surface area (Å²) in [5.74, 6) is -0.343. The van der Waals surface area contributed by atoms with Crippen molar-refractivity contribution in [3.05, 3.63) is 57.7 Å². The van der Waals surface area contributed by atoms with Crippen molar-refractivity contribution >= 4 is 23.2 Å². The number of hydrogen-bond acceptors (Lipinski definition) is 2. The minimum absolute atomic E-state index is 0.268. The van der Waals surface area contributed by atoms with Crippen LogP contribution in [0.5, 0.6) is 0 Å². The fraction of sp³-hybridized carbons (Fsp3) is 0.167. The Labute approximate surface area is 108 Å². The van der Waals surface area contributed by atoms with Crippen molar-refractivity contribution in [1.29, 1.82) is 0 Å². The fourth-order valence-corrected chi connectivity index (χ4v) is 2.17. The summed E-state index contributed by atoms with van der Waals surface area (Å²) in [6, 6.07) is 5.64. The zero-order chi connectivity index (χ0) is 12.4. The zero-order valence-electron chi connectivity index (χ0n) is 9.01. The lowest BCUT2D eigenvalue weighted by atomic mass is 10.0. The standard InChI is InChI=1S/C12H10Cl2FNO/c1-16-11(8-4-5-17-12(8)14)9-6-7(15)2-3-10(9)13/h2-6,11,16H,1H3. The summed E-state index contributed by atoms with van der Waals surface area (Å²) in [6.07, 6.45) is 1.48. The highest BCUT2D eigenvalue weighted by Crippen LogP contribution is 2.33. The average Bonchev–Trinajstić information content (AvgIpc) is 2.71. The van der Waals surface area contributed by atoms with E-state index in [1.54, 1.807) is 13.1 Å². The van der Waals surface area contributed by atoms with Gasteiger partial charge in [0.1, 0.15) is 5.82 Å². The Morgan fingerprint density at radius 3 is 2.59 bits per heavy atom. The predicted octanol–water partition coefficient (Wildman–Crippen LogP) is 4.03. The molecule has 90 valence electrons. The van der Waals surface area contributed by atoms with Crippen LogP contribution in [0.25, 0.3) is 0 Å². The van der Waals surface area contributed by atoms with Gasteiger partial charge in [-0.1, -0.05) is 11.6 Å². The van der Waals surface area contributed by atoms with Crippen LogP contribution in [0, 0.1) is 5.82 Å². The number of furan rings is 1. The maximum atomic E-state index is 13.2. The van der Waals surface area contributed by atoms with E-state index in [0.29, 0.717) is 10.6 Å². The molecule has 1 atom stereocenters. The number of rotatable bonds is 3. The smallest absolute Gasteiger partial charge is 0.198 e. The molecule has 1 unspecified atom stereocenters. The first kappa shape index (κ1) is 12.4. The van der Waals surface area contributed by atoms with Gasteiger partial charge >= 0.3 is 0 Å². The molecule has 1 aromatic carbocycles.